The molecule has 0 heterocycles. The smallest absolute Gasteiger partial charge is 0.406 e. The topological polar surface area (TPSA) is 38.3 Å². The zero-order valence-corrected chi connectivity index (χ0v) is 13.7. The van der Waals surface area contributed by atoms with Crippen molar-refractivity contribution in [1.29, 1.82) is 0 Å². The molecule has 0 bridgehead atoms. The van der Waals surface area contributed by atoms with Gasteiger partial charge in [0.2, 0.25) is 0 Å². The Bertz CT molecular complexity index is 707. The Balaban J connectivity index is 2.18. The molecular formula is C14H8ClF3INO2. The zero-order chi connectivity index (χ0) is 16.3. The summed E-state index contributed by atoms with van der Waals surface area (Å²) in [5.41, 5.74) is 0.512. The highest BCUT2D eigenvalue weighted by Gasteiger charge is 2.31. The highest BCUT2D eigenvalue weighted by atomic mass is 127. The summed E-state index contributed by atoms with van der Waals surface area (Å²) in [5.74, 6) is -0.887. The van der Waals surface area contributed by atoms with Gasteiger partial charge in [-0.15, -0.1) is 13.2 Å². The first-order chi connectivity index (χ1) is 10.2. The molecule has 0 saturated heterocycles. The van der Waals surface area contributed by atoms with E-state index in [0.717, 1.165) is 12.1 Å². The van der Waals surface area contributed by atoms with E-state index in [0.29, 0.717) is 14.2 Å². The van der Waals surface area contributed by atoms with Crippen LogP contribution in [0.4, 0.5) is 18.9 Å². The molecule has 0 radical (unpaired) electrons. The number of anilines is 1. The number of amides is 1. The van der Waals surface area contributed by atoms with Gasteiger partial charge < -0.3 is 10.1 Å². The van der Waals surface area contributed by atoms with Crippen molar-refractivity contribution in [2.24, 2.45) is 0 Å². The Morgan fingerprint density at radius 3 is 2.59 bits per heavy atom. The largest absolute Gasteiger partial charge is 0.573 e. The van der Waals surface area contributed by atoms with Gasteiger partial charge in [0.05, 0.1) is 5.56 Å². The minimum Gasteiger partial charge on any atom is -0.406 e. The molecule has 8 heteroatoms. The van der Waals surface area contributed by atoms with Crippen molar-refractivity contribution >= 4 is 45.8 Å². The minimum atomic E-state index is -4.79. The van der Waals surface area contributed by atoms with Crippen LogP contribution in [0.5, 0.6) is 5.75 Å². The molecule has 2 rings (SSSR count). The molecule has 22 heavy (non-hydrogen) atoms. The lowest BCUT2D eigenvalue weighted by Crippen LogP contribution is -2.17. The van der Waals surface area contributed by atoms with Crippen LogP contribution in [0.1, 0.15) is 10.4 Å². The molecule has 0 unspecified atom stereocenters. The third-order valence-corrected chi connectivity index (χ3v) is 3.67. The molecule has 0 aliphatic carbocycles. The van der Waals surface area contributed by atoms with E-state index in [9.17, 15) is 18.0 Å². The third kappa shape index (κ3) is 4.77. The van der Waals surface area contributed by atoms with Crippen molar-refractivity contribution in [2.75, 3.05) is 5.32 Å². The summed E-state index contributed by atoms with van der Waals surface area (Å²) in [6.07, 6.45) is -4.79. The molecule has 0 atom stereocenters. The maximum atomic E-state index is 12.2. The molecule has 1 N–H and O–H groups in total. The molecule has 116 valence electrons. The van der Waals surface area contributed by atoms with E-state index in [2.05, 4.69) is 10.1 Å². The number of carbonyl (C=O) groups is 1. The number of nitrogens with one attached hydrogen (secondary N) is 1. The van der Waals surface area contributed by atoms with Crippen LogP contribution in [0.2, 0.25) is 5.02 Å². The summed E-state index contributed by atoms with van der Waals surface area (Å²) in [4.78, 5) is 12.1. The molecule has 2 aromatic carbocycles. The number of hydrogen-bond acceptors (Lipinski definition) is 2. The van der Waals surface area contributed by atoms with E-state index in [1.54, 1.807) is 12.1 Å². The normalized spacial score (nSPS) is 11.1. The van der Waals surface area contributed by atoms with Gasteiger partial charge in [-0.1, -0.05) is 17.7 Å². The molecule has 0 aliphatic rings. The number of alkyl halides is 3. The standard InChI is InChI=1S/C14H8ClF3INO2/c15-8-4-5-12(19)11(6-8)13(21)20-9-2-1-3-10(7-9)22-14(16,17)18/h1-7H,(H,20,21). The number of hydrogen-bond donors (Lipinski definition) is 1. The second-order valence-electron chi connectivity index (χ2n) is 4.15. The summed E-state index contributed by atoms with van der Waals surface area (Å²) >= 11 is 7.80. The van der Waals surface area contributed by atoms with E-state index in [4.69, 9.17) is 11.6 Å². The first-order valence-electron chi connectivity index (χ1n) is 5.87. The van der Waals surface area contributed by atoms with E-state index >= 15 is 0 Å². The molecule has 0 saturated carbocycles. The van der Waals surface area contributed by atoms with Crippen molar-refractivity contribution in [1.82, 2.24) is 0 Å². The van der Waals surface area contributed by atoms with Crippen LogP contribution in [0.25, 0.3) is 0 Å². The number of halogens is 5. The van der Waals surface area contributed by atoms with Crippen LogP contribution in [0, 0.1) is 3.57 Å². The second kappa shape index (κ2) is 6.74. The minimum absolute atomic E-state index is 0.183. The molecule has 2 aromatic rings. The van der Waals surface area contributed by atoms with Crippen LogP contribution in [0.3, 0.4) is 0 Å². The molecule has 0 spiro atoms. The van der Waals surface area contributed by atoms with Crippen molar-refractivity contribution in [3.05, 3.63) is 56.6 Å². The van der Waals surface area contributed by atoms with E-state index < -0.39 is 18.0 Å². The van der Waals surface area contributed by atoms with Crippen LogP contribution < -0.4 is 10.1 Å². The lowest BCUT2D eigenvalue weighted by atomic mass is 10.2. The van der Waals surface area contributed by atoms with Gasteiger partial charge in [0.1, 0.15) is 5.75 Å². The number of benzene rings is 2. The first-order valence-corrected chi connectivity index (χ1v) is 7.32. The Morgan fingerprint density at radius 2 is 1.91 bits per heavy atom. The Morgan fingerprint density at radius 1 is 1.18 bits per heavy atom. The fourth-order valence-electron chi connectivity index (χ4n) is 1.64. The average molecular weight is 442 g/mol. The zero-order valence-electron chi connectivity index (χ0n) is 10.7. The highest BCUT2D eigenvalue weighted by Crippen LogP contribution is 2.26. The quantitative estimate of drug-likeness (QED) is 0.674. The lowest BCUT2D eigenvalue weighted by Gasteiger charge is -2.11. The monoisotopic (exact) mass is 441 g/mol. The highest BCUT2D eigenvalue weighted by molar-refractivity contribution is 14.1. The predicted octanol–water partition coefficient (Wildman–Crippen LogP) is 5.10. The average Bonchev–Trinajstić information content (AvgIpc) is 2.40. The molecule has 0 fully saturated rings. The fraction of sp³-hybridized carbons (Fsp3) is 0.0714. The van der Waals surface area contributed by atoms with E-state index in [-0.39, 0.29) is 5.69 Å². The molecular weight excluding hydrogens is 434 g/mol. The summed E-state index contributed by atoms with van der Waals surface area (Å²) < 4.78 is 41.0. The Kier molecular flexibility index (Phi) is 5.17. The number of rotatable bonds is 3. The van der Waals surface area contributed by atoms with Crippen LogP contribution in [-0.2, 0) is 0 Å². The van der Waals surface area contributed by atoms with Crippen LogP contribution in [0.15, 0.2) is 42.5 Å². The van der Waals surface area contributed by atoms with Gasteiger partial charge in [-0.3, -0.25) is 4.79 Å². The fourth-order valence-corrected chi connectivity index (χ4v) is 2.39. The van der Waals surface area contributed by atoms with Gasteiger partial charge in [-0.2, -0.15) is 0 Å². The lowest BCUT2D eigenvalue weighted by molar-refractivity contribution is -0.274. The maximum Gasteiger partial charge on any atom is 0.573 e. The van der Waals surface area contributed by atoms with Gasteiger partial charge in [-0.25, -0.2) is 0 Å². The second-order valence-corrected chi connectivity index (χ2v) is 5.75. The van der Waals surface area contributed by atoms with Crippen molar-refractivity contribution in [2.45, 2.75) is 6.36 Å². The number of ether oxygens (including phenoxy) is 1. The van der Waals surface area contributed by atoms with E-state index in [1.165, 1.54) is 18.2 Å². The van der Waals surface area contributed by atoms with Crippen molar-refractivity contribution in [3.8, 4) is 5.75 Å². The van der Waals surface area contributed by atoms with Crippen LogP contribution >= 0.6 is 34.2 Å². The summed E-state index contributed by atoms with van der Waals surface area (Å²) in [5, 5.41) is 2.89. The summed E-state index contributed by atoms with van der Waals surface area (Å²) in [6.45, 7) is 0. The first kappa shape index (κ1) is 16.9. The SMILES string of the molecule is O=C(Nc1cccc(OC(F)(F)F)c1)c1cc(Cl)ccc1I. The maximum absolute atomic E-state index is 12.2. The molecule has 3 nitrogen and oxygen atoms in total. The van der Waals surface area contributed by atoms with Gasteiger partial charge in [0, 0.05) is 20.3 Å². The van der Waals surface area contributed by atoms with Gasteiger partial charge in [0.15, 0.2) is 0 Å². The van der Waals surface area contributed by atoms with Crippen LogP contribution in [-0.4, -0.2) is 12.3 Å². The molecule has 1 amide bonds. The Labute approximate surface area is 142 Å². The molecule has 0 aromatic heterocycles. The van der Waals surface area contributed by atoms with Gasteiger partial charge in [0.25, 0.3) is 5.91 Å². The van der Waals surface area contributed by atoms with Crippen molar-refractivity contribution < 1.29 is 22.7 Å². The third-order valence-electron chi connectivity index (χ3n) is 2.50. The van der Waals surface area contributed by atoms with E-state index in [1.807, 2.05) is 22.6 Å². The number of carbonyl (C=O) groups excluding carboxylic acids is 1. The van der Waals surface area contributed by atoms with Gasteiger partial charge in [-0.05, 0) is 52.9 Å². The molecule has 0 aliphatic heterocycles. The summed E-state index contributed by atoms with van der Waals surface area (Å²) in [7, 11) is 0. The van der Waals surface area contributed by atoms with Gasteiger partial charge >= 0.3 is 6.36 Å². The van der Waals surface area contributed by atoms with Crippen molar-refractivity contribution in [3.63, 3.8) is 0 Å². The predicted molar refractivity (Wildman–Crippen MR) is 85.2 cm³/mol. The Hall–Kier alpha value is -1.48. The summed E-state index contributed by atoms with van der Waals surface area (Å²) in [6, 6.07) is 9.82.